The summed E-state index contributed by atoms with van der Waals surface area (Å²) in [5.41, 5.74) is 0. The van der Waals surface area contributed by atoms with E-state index in [0.29, 0.717) is 0 Å². The Bertz CT molecular complexity index is 215. The minimum atomic E-state index is -1.14. The van der Waals surface area contributed by atoms with Gasteiger partial charge in [-0.1, -0.05) is 26.2 Å². The standard InChI is InChI=1S/C11H20O4.Ba.2H/c1-3-4-5-6-7-9(2)15-11(14)8-10(12)13;;;/h9H,3-8H2,1-2H3,(H,12,13);;;/q;+2;2*-1. The first-order valence-electron chi connectivity index (χ1n) is 5.47. The van der Waals surface area contributed by atoms with Crippen molar-refractivity contribution in [3.8, 4) is 0 Å². The monoisotopic (exact) mass is 356 g/mol. The van der Waals surface area contributed by atoms with Crippen molar-refractivity contribution in [3.05, 3.63) is 0 Å². The molecular weight excluding hydrogens is 333 g/mol. The molecule has 1 unspecified atom stereocenters. The Kier molecular flexibility index (Phi) is 14.1. The number of unbranched alkanes of at least 4 members (excludes halogenated alkanes) is 3. The zero-order chi connectivity index (χ0) is 11.7. The molecule has 92 valence electrons. The Balaban J connectivity index is -0.000000327. The van der Waals surface area contributed by atoms with Gasteiger partial charge in [0.05, 0.1) is 6.10 Å². The maximum atomic E-state index is 10.9. The predicted octanol–water partition coefficient (Wildman–Crippen LogP) is 2.21. The van der Waals surface area contributed by atoms with E-state index in [0.717, 1.165) is 19.3 Å². The molecule has 5 heteroatoms. The van der Waals surface area contributed by atoms with Gasteiger partial charge in [-0.3, -0.25) is 9.59 Å². The molecule has 0 aromatic rings. The van der Waals surface area contributed by atoms with Gasteiger partial charge in [-0.15, -0.1) is 0 Å². The normalized spacial score (nSPS) is 11.4. The predicted molar refractivity (Wildman–Crippen MR) is 64.5 cm³/mol. The summed E-state index contributed by atoms with van der Waals surface area (Å²) in [6, 6.07) is 0. The molecule has 0 amide bonds. The first-order valence-corrected chi connectivity index (χ1v) is 5.47. The zero-order valence-corrected chi connectivity index (χ0v) is 14.6. The summed E-state index contributed by atoms with van der Waals surface area (Å²) in [4.78, 5) is 21.1. The van der Waals surface area contributed by atoms with Crippen molar-refractivity contribution < 1.29 is 22.3 Å². The fraction of sp³-hybridized carbons (Fsp3) is 0.818. The summed E-state index contributed by atoms with van der Waals surface area (Å²) in [7, 11) is 0. The Morgan fingerprint density at radius 3 is 2.44 bits per heavy atom. The number of carboxylic acids is 1. The summed E-state index contributed by atoms with van der Waals surface area (Å²) in [5, 5.41) is 8.34. The average molecular weight is 356 g/mol. The van der Waals surface area contributed by atoms with Crippen molar-refractivity contribution in [2.24, 2.45) is 0 Å². The second-order valence-corrected chi connectivity index (χ2v) is 3.72. The molecule has 1 N–H and O–H groups in total. The fourth-order valence-electron chi connectivity index (χ4n) is 1.31. The zero-order valence-electron chi connectivity index (χ0n) is 12.2. The number of hydrogen-bond acceptors (Lipinski definition) is 3. The average Bonchev–Trinajstić information content (AvgIpc) is 2.10. The molecular formula is C11H22BaO4. The summed E-state index contributed by atoms with van der Waals surface area (Å²) in [6.07, 6.45) is 4.62. The topological polar surface area (TPSA) is 63.6 Å². The van der Waals surface area contributed by atoms with Crippen molar-refractivity contribution in [2.75, 3.05) is 0 Å². The number of hydrogen-bond donors (Lipinski definition) is 1. The number of carboxylic acid groups (broad SMARTS) is 1. The van der Waals surface area contributed by atoms with Gasteiger partial charge < -0.3 is 12.7 Å². The number of esters is 1. The first kappa shape index (κ1) is 18.9. The molecule has 0 saturated heterocycles. The third-order valence-electron chi connectivity index (χ3n) is 2.09. The number of carbonyl (C=O) groups excluding carboxylic acids is 1. The van der Waals surface area contributed by atoms with Gasteiger partial charge >= 0.3 is 60.8 Å². The van der Waals surface area contributed by atoms with E-state index in [2.05, 4.69) is 6.92 Å². The molecule has 4 nitrogen and oxygen atoms in total. The third kappa shape index (κ3) is 12.6. The van der Waals surface area contributed by atoms with E-state index in [9.17, 15) is 9.59 Å². The second kappa shape index (κ2) is 12.0. The maximum Gasteiger partial charge on any atom is 2.00 e. The quantitative estimate of drug-likeness (QED) is 0.314. The number of aliphatic carboxylic acids is 1. The van der Waals surface area contributed by atoms with Crippen molar-refractivity contribution >= 4 is 60.8 Å². The molecule has 16 heavy (non-hydrogen) atoms. The van der Waals surface area contributed by atoms with Crippen LogP contribution >= 0.6 is 0 Å². The molecule has 0 aliphatic rings. The number of carbonyl (C=O) groups is 2. The molecule has 0 aliphatic carbocycles. The Hall–Kier alpha value is 0.511. The van der Waals surface area contributed by atoms with E-state index in [1.165, 1.54) is 12.8 Å². The molecule has 1 atom stereocenters. The maximum absolute atomic E-state index is 10.9. The molecule has 0 radical (unpaired) electrons. The van der Waals surface area contributed by atoms with E-state index < -0.39 is 18.4 Å². The van der Waals surface area contributed by atoms with Crippen LogP contribution < -0.4 is 0 Å². The van der Waals surface area contributed by atoms with Crippen molar-refractivity contribution in [1.29, 1.82) is 0 Å². The van der Waals surface area contributed by atoms with Gasteiger partial charge in [-0.2, -0.15) is 0 Å². The van der Waals surface area contributed by atoms with E-state index in [-0.39, 0.29) is 57.8 Å². The van der Waals surface area contributed by atoms with Gasteiger partial charge in [0, 0.05) is 0 Å². The molecule has 0 aliphatic heterocycles. The van der Waals surface area contributed by atoms with Crippen LogP contribution in [0.1, 0.15) is 55.2 Å². The second-order valence-electron chi connectivity index (χ2n) is 3.72. The Labute approximate surface area is 140 Å². The van der Waals surface area contributed by atoms with Crippen LogP contribution in [0.5, 0.6) is 0 Å². The summed E-state index contributed by atoms with van der Waals surface area (Å²) in [6.45, 7) is 3.93. The molecule has 0 bridgehead atoms. The summed E-state index contributed by atoms with van der Waals surface area (Å²) in [5.74, 6) is -1.79. The van der Waals surface area contributed by atoms with Crippen molar-refractivity contribution in [1.82, 2.24) is 0 Å². The van der Waals surface area contributed by atoms with Gasteiger partial charge in [-0.05, 0) is 19.8 Å². The minimum Gasteiger partial charge on any atom is -1.00 e. The van der Waals surface area contributed by atoms with E-state index >= 15 is 0 Å². The third-order valence-corrected chi connectivity index (χ3v) is 2.09. The molecule has 0 aromatic heterocycles. The van der Waals surface area contributed by atoms with Crippen LogP contribution in [0.4, 0.5) is 0 Å². The van der Waals surface area contributed by atoms with Gasteiger partial charge in [0.25, 0.3) is 0 Å². The largest absolute Gasteiger partial charge is 2.00 e. The van der Waals surface area contributed by atoms with Crippen LogP contribution in [0, 0.1) is 0 Å². The van der Waals surface area contributed by atoms with Crippen LogP contribution in [0.2, 0.25) is 0 Å². The Morgan fingerprint density at radius 2 is 1.94 bits per heavy atom. The van der Waals surface area contributed by atoms with Crippen LogP contribution in [0.3, 0.4) is 0 Å². The number of ether oxygens (including phenoxy) is 1. The van der Waals surface area contributed by atoms with Crippen LogP contribution in [-0.2, 0) is 14.3 Å². The van der Waals surface area contributed by atoms with Gasteiger partial charge in [-0.25, -0.2) is 0 Å². The summed E-state index contributed by atoms with van der Waals surface area (Å²) >= 11 is 0. The van der Waals surface area contributed by atoms with E-state index in [4.69, 9.17) is 9.84 Å². The van der Waals surface area contributed by atoms with E-state index in [1.54, 1.807) is 6.92 Å². The van der Waals surface area contributed by atoms with Crippen molar-refractivity contribution in [3.63, 3.8) is 0 Å². The first-order chi connectivity index (χ1) is 7.06. The Morgan fingerprint density at radius 1 is 1.31 bits per heavy atom. The molecule has 0 rings (SSSR count). The molecule has 0 aromatic carbocycles. The van der Waals surface area contributed by atoms with Gasteiger partial charge in [0.2, 0.25) is 0 Å². The van der Waals surface area contributed by atoms with Crippen LogP contribution in [0.15, 0.2) is 0 Å². The fourth-order valence-corrected chi connectivity index (χ4v) is 1.31. The number of rotatable bonds is 8. The van der Waals surface area contributed by atoms with Crippen LogP contribution in [-0.4, -0.2) is 72.0 Å². The van der Waals surface area contributed by atoms with E-state index in [1.807, 2.05) is 0 Å². The molecule has 0 spiro atoms. The van der Waals surface area contributed by atoms with Gasteiger partial charge in [0.1, 0.15) is 6.42 Å². The molecule has 0 heterocycles. The van der Waals surface area contributed by atoms with Crippen LogP contribution in [0.25, 0.3) is 0 Å². The molecule has 0 saturated carbocycles. The summed E-state index contributed by atoms with van der Waals surface area (Å²) < 4.78 is 4.92. The smallest absolute Gasteiger partial charge is 1.00 e. The SMILES string of the molecule is CCCCCCC(C)OC(=O)CC(=O)O.[Ba+2].[H-].[H-]. The molecule has 0 fully saturated rings. The van der Waals surface area contributed by atoms with Gasteiger partial charge in [0.15, 0.2) is 0 Å². The minimum absolute atomic E-state index is 0. The van der Waals surface area contributed by atoms with Crippen molar-refractivity contribution in [2.45, 2.75) is 58.5 Å².